The molecule has 0 spiro atoms. The summed E-state index contributed by atoms with van der Waals surface area (Å²) in [6.07, 6.45) is -0.807. The summed E-state index contributed by atoms with van der Waals surface area (Å²) in [4.78, 5) is 63.3. The predicted octanol–water partition coefficient (Wildman–Crippen LogP) is -1.97. The van der Waals surface area contributed by atoms with E-state index in [1.807, 2.05) is 0 Å². The molecule has 2 saturated heterocycles. The summed E-state index contributed by atoms with van der Waals surface area (Å²) >= 11 is 0. The minimum absolute atomic E-state index is 0. The topological polar surface area (TPSA) is 226 Å². The number of aliphatic hydroxyl groups is 2. The van der Waals surface area contributed by atoms with E-state index in [2.05, 4.69) is 0 Å². The van der Waals surface area contributed by atoms with Gasteiger partial charge in [0.2, 0.25) is 18.6 Å². The van der Waals surface area contributed by atoms with Crippen molar-refractivity contribution in [2.75, 3.05) is 18.3 Å². The van der Waals surface area contributed by atoms with E-state index in [0.29, 0.717) is 40.9 Å². The Hall–Kier alpha value is -4.21. The van der Waals surface area contributed by atoms with E-state index in [1.54, 1.807) is 83.1 Å². The Kier molecular flexibility index (Phi) is 11.8. The average molecular weight is 713 g/mol. The van der Waals surface area contributed by atoms with Crippen LogP contribution >= 0.6 is 0 Å². The molecule has 0 aromatic heterocycles. The fourth-order valence-corrected chi connectivity index (χ4v) is 6.82. The second-order valence-electron chi connectivity index (χ2n) is 13.9. The fourth-order valence-electron chi connectivity index (χ4n) is 6.82. The zero-order chi connectivity index (χ0) is 36.8. The fraction of sp³-hybridized carbons (Fsp3) is 0.417. The standard InChI is InChI=1S/C21H26N2O6.C15H16N2O4.Na/c1-11(24)16-15-9-14(12-5-7-13(22)8-6-12)17(23(15)18(16)25)19(26)28-10-29-20(27)21(2,3)4;1-7(18)12-11-6-10(8-2-4-9(16)5-3-8)13(15(20)21)17(11)14(12)19;/h5-8,11,15-16,24H,9-10,22H2,1-4H3;2-5,7,11-12,18H,6,16H2,1H3,(H,20,21);/q;;+1/p-1/t11-,15-,16-;7-,11-,12-;/m11./s1. The van der Waals surface area contributed by atoms with E-state index in [4.69, 9.17) is 20.9 Å². The molecule has 0 bridgehead atoms. The number of fused-ring (bicyclic) bond motifs is 2. The summed E-state index contributed by atoms with van der Waals surface area (Å²) in [5, 5.41) is 31.0. The van der Waals surface area contributed by atoms with Crippen molar-refractivity contribution >= 4 is 52.2 Å². The molecule has 51 heavy (non-hydrogen) atoms. The number of nitrogen functional groups attached to an aromatic ring is 2. The van der Waals surface area contributed by atoms with Crippen molar-refractivity contribution < 1.29 is 78.3 Å². The summed E-state index contributed by atoms with van der Waals surface area (Å²) in [7, 11) is 0. The van der Waals surface area contributed by atoms with Crippen LogP contribution in [0.1, 0.15) is 58.6 Å². The molecule has 0 saturated carbocycles. The van der Waals surface area contributed by atoms with Gasteiger partial charge in [0.1, 0.15) is 5.70 Å². The van der Waals surface area contributed by atoms with Gasteiger partial charge < -0.3 is 50.9 Å². The van der Waals surface area contributed by atoms with E-state index < -0.39 is 54.2 Å². The number of nitrogens with zero attached hydrogens (tertiary/aromatic N) is 2. The number of hydrogen-bond donors (Lipinski definition) is 4. The molecule has 6 rings (SSSR count). The second-order valence-corrected chi connectivity index (χ2v) is 13.9. The molecule has 6 atom stereocenters. The summed E-state index contributed by atoms with van der Waals surface area (Å²) in [6.45, 7) is 7.63. The van der Waals surface area contributed by atoms with Crippen LogP contribution in [0, 0.1) is 17.3 Å². The Balaban J connectivity index is 0.000000235. The number of carbonyl (C=O) groups excluding carboxylic acids is 5. The van der Waals surface area contributed by atoms with E-state index >= 15 is 0 Å². The van der Waals surface area contributed by atoms with Crippen molar-refractivity contribution in [3.63, 3.8) is 0 Å². The van der Waals surface area contributed by atoms with Crippen LogP contribution in [0.25, 0.3) is 11.1 Å². The summed E-state index contributed by atoms with van der Waals surface area (Å²) in [5.41, 5.74) is 14.5. The number of anilines is 2. The number of carboxylic acids is 1. The van der Waals surface area contributed by atoms with Crippen LogP contribution in [0.4, 0.5) is 11.4 Å². The third-order valence-electron chi connectivity index (χ3n) is 9.35. The Morgan fingerprint density at radius 3 is 1.55 bits per heavy atom. The molecule has 6 N–H and O–H groups in total. The number of β-lactam (4-membered cyclic amide) rings is 2. The molecule has 2 aromatic rings. The third kappa shape index (κ3) is 7.56. The van der Waals surface area contributed by atoms with Crippen LogP contribution in [0.5, 0.6) is 0 Å². The molecule has 0 unspecified atom stereocenters. The van der Waals surface area contributed by atoms with Crippen molar-refractivity contribution in [2.45, 2.75) is 71.8 Å². The van der Waals surface area contributed by atoms with Crippen molar-refractivity contribution in [3.05, 3.63) is 71.1 Å². The van der Waals surface area contributed by atoms with E-state index in [9.17, 15) is 39.3 Å². The van der Waals surface area contributed by atoms with Gasteiger partial charge >= 0.3 is 41.5 Å². The first-order chi connectivity index (χ1) is 23.4. The first-order valence-corrected chi connectivity index (χ1v) is 16.2. The normalized spacial score (nSPS) is 23.1. The van der Waals surface area contributed by atoms with Gasteiger partial charge in [-0.3, -0.25) is 14.4 Å². The summed E-state index contributed by atoms with van der Waals surface area (Å²) in [5.74, 6) is -4.43. The van der Waals surface area contributed by atoms with Crippen molar-refractivity contribution in [2.24, 2.45) is 17.3 Å². The van der Waals surface area contributed by atoms with Crippen molar-refractivity contribution in [1.82, 2.24) is 9.80 Å². The number of ether oxygens (including phenoxy) is 2. The third-order valence-corrected chi connectivity index (χ3v) is 9.35. The number of aliphatic carboxylic acids is 1. The van der Waals surface area contributed by atoms with Gasteiger partial charge in [-0.25, -0.2) is 4.79 Å². The minimum atomic E-state index is -1.37. The molecular weight excluding hydrogens is 671 g/mol. The smallest absolute Gasteiger partial charge is 0.543 e. The van der Waals surface area contributed by atoms with Crippen LogP contribution < -0.4 is 46.1 Å². The van der Waals surface area contributed by atoms with Crippen LogP contribution in [-0.4, -0.2) is 80.8 Å². The molecule has 4 aliphatic heterocycles. The van der Waals surface area contributed by atoms with Crippen LogP contribution in [0.15, 0.2) is 59.9 Å². The van der Waals surface area contributed by atoms with Gasteiger partial charge in [0.05, 0.1) is 53.2 Å². The van der Waals surface area contributed by atoms with Gasteiger partial charge in [0.25, 0.3) is 0 Å². The number of hydrogen-bond acceptors (Lipinski definition) is 12. The van der Waals surface area contributed by atoms with Crippen molar-refractivity contribution in [3.8, 4) is 0 Å². The SMILES string of the molecule is C[C@@H](O)[C@H]1C(=O)N2C(C(=O)OCOC(=O)C(C)(C)C)=C(c3ccc(N)cc3)C[C@H]12.C[C@@H](O)[C@H]1C(=O)N2C(C(=O)[O-])=C(c3ccc(N)cc3)C[C@H]12.[Na+]. The molecule has 0 aliphatic carbocycles. The zero-order valence-corrected chi connectivity index (χ0v) is 31.4. The molecule has 2 amide bonds. The first kappa shape index (κ1) is 39.6. The average Bonchev–Trinajstić information content (AvgIpc) is 3.55. The molecule has 0 radical (unpaired) electrons. The maximum atomic E-state index is 12.8. The van der Waals surface area contributed by atoms with Gasteiger partial charge in [0, 0.05) is 11.4 Å². The molecule has 15 heteroatoms. The molecule has 266 valence electrons. The van der Waals surface area contributed by atoms with Gasteiger partial charge in [-0.15, -0.1) is 0 Å². The number of aliphatic hydroxyl groups excluding tert-OH is 2. The second kappa shape index (κ2) is 15.2. The monoisotopic (exact) mass is 712 g/mol. The number of rotatable bonds is 8. The number of nitrogens with two attached hydrogens (primary N) is 2. The number of benzene rings is 2. The molecule has 2 aromatic carbocycles. The van der Waals surface area contributed by atoms with Gasteiger partial charge in [-0.05, 0) is 94.0 Å². The van der Waals surface area contributed by atoms with E-state index in [-0.39, 0.29) is 64.8 Å². The van der Waals surface area contributed by atoms with Crippen LogP contribution in [0.2, 0.25) is 0 Å². The van der Waals surface area contributed by atoms with Gasteiger partial charge in [0.15, 0.2) is 0 Å². The molecule has 2 fully saturated rings. The summed E-state index contributed by atoms with van der Waals surface area (Å²) < 4.78 is 10.1. The quantitative estimate of drug-likeness (QED) is 0.0769. The van der Waals surface area contributed by atoms with E-state index in [1.165, 1.54) is 9.80 Å². The largest absolute Gasteiger partial charge is 1.00 e. The number of carbonyl (C=O) groups is 5. The number of esters is 2. The summed E-state index contributed by atoms with van der Waals surface area (Å²) in [6, 6.07) is 13.1. The van der Waals surface area contributed by atoms with Gasteiger partial charge in [-0.2, -0.15) is 0 Å². The maximum Gasteiger partial charge on any atom is 1.00 e. The maximum absolute atomic E-state index is 12.8. The van der Waals surface area contributed by atoms with Crippen LogP contribution in [-0.2, 0) is 33.4 Å². The Bertz CT molecular complexity index is 1780. The number of amides is 2. The molecule has 4 aliphatic rings. The molecular formula is C36H41N4NaO10. The van der Waals surface area contributed by atoms with Crippen LogP contribution in [0.3, 0.4) is 0 Å². The zero-order valence-electron chi connectivity index (χ0n) is 29.4. The first-order valence-electron chi connectivity index (χ1n) is 16.2. The molecule has 14 nitrogen and oxygen atoms in total. The Morgan fingerprint density at radius 2 is 1.18 bits per heavy atom. The number of carboxylic acid groups (broad SMARTS) is 1. The van der Waals surface area contributed by atoms with Crippen molar-refractivity contribution in [1.29, 1.82) is 0 Å². The Labute approximate surface area is 317 Å². The van der Waals surface area contributed by atoms with E-state index in [0.717, 1.165) is 5.56 Å². The Morgan fingerprint density at radius 1 is 0.784 bits per heavy atom. The predicted molar refractivity (Wildman–Crippen MR) is 178 cm³/mol. The minimum Gasteiger partial charge on any atom is -0.543 e. The van der Waals surface area contributed by atoms with Gasteiger partial charge in [-0.1, -0.05) is 24.3 Å². The molecule has 4 heterocycles.